The van der Waals surface area contributed by atoms with Crippen LogP contribution in [0, 0.1) is 5.92 Å². The van der Waals surface area contributed by atoms with E-state index < -0.39 is 0 Å². The standard InChI is InChI=1S/C11H17ClN4S/c1-17-11-15-9(12)5-10(16-11)14-7-8-3-2-4-13-6-8/h5,8,13H,2-4,6-7H2,1H3,(H,14,15,16)/t8-/m0/s1. The van der Waals surface area contributed by atoms with Gasteiger partial charge in [0.1, 0.15) is 11.0 Å². The molecule has 1 aliphatic rings. The minimum atomic E-state index is 0.494. The zero-order valence-electron chi connectivity index (χ0n) is 9.87. The van der Waals surface area contributed by atoms with Gasteiger partial charge in [-0.05, 0) is 38.1 Å². The SMILES string of the molecule is CSc1nc(Cl)cc(NC[C@H]2CCCNC2)n1. The van der Waals surface area contributed by atoms with E-state index >= 15 is 0 Å². The van der Waals surface area contributed by atoms with Crippen LogP contribution >= 0.6 is 23.4 Å². The van der Waals surface area contributed by atoms with Gasteiger partial charge in [0.2, 0.25) is 0 Å². The first-order valence-corrected chi connectivity index (χ1v) is 7.41. The van der Waals surface area contributed by atoms with Crippen LogP contribution < -0.4 is 10.6 Å². The normalized spacial score (nSPS) is 20.2. The fourth-order valence-electron chi connectivity index (χ4n) is 1.93. The van der Waals surface area contributed by atoms with Gasteiger partial charge in [0.05, 0.1) is 0 Å². The molecule has 0 saturated carbocycles. The highest BCUT2D eigenvalue weighted by atomic mass is 35.5. The van der Waals surface area contributed by atoms with Gasteiger partial charge in [-0.25, -0.2) is 9.97 Å². The van der Waals surface area contributed by atoms with Crippen LogP contribution in [-0.4, -0.2) is 35.9 Å². The van der Waals surface area contributed by atoms with Crippen molar-refractivity contribution in [3.63, 3.8) is 0 Å². The van der Waals surface area contributed by atoms with Gasteiger partial charge in [-0.1, -0.05) is 23.4 Å². The summed E-state index contributed by atoms with van der Waals surface area (Å²) in [5, 5.41) is 7.95. The Kier molecular flexibility index (Phi) is 4.88. The van der Waals surface area contributed by atoms with Crippen molar-refractivity contribution in [1.29, 1.82) is 0 Å². The summed E-state index contributed by atoms with van der Waals surface area (Å²) in [4.78, 5) is 8.48. The van der Waals surface area contributed by atoms with Crippen LogP contribution in [0.1, 0.15) is 12.8 Å². The summed E-state index contributed by atoms with van der Waals surface area (Å²) in [6.45, 7) is 3.17. The van der Waals surface area contributed by atoms with Crippen molar-refractivity contribution in [2.45, 2.75) is 18.0 Å². The van der Waals surface area contributed by atoms with Gasteiger partial charge >= 0.3 is 0 Å². The number of hydrogen-bond donors (Lipinski definition) is 2. The Morgan fingerprint density at radius 3 is 3.18 bits per heavy atom. The monoisotopic (exact) mass is 272 g/mol. The molecule has 0 bridgehead atoms. The first kappa shape index (κ1) is 12.9. The quantitative estimate of drug-likeness (QED) is 0.500. The number of piperidine rings is 1. The molecule has 0 radical (unpaired) electrons. The van der Waals surface area contributed by atoms with Gasteiger partial charge in [0.15, 0.2) is 5.16 Å². The fraction of sp³-hybridized carbons (Fsp3) is 0.636. The molecular formula is C11H17ClN4S. The third kappa shape index (κ3) is 4.01. The zero-order chi connectivity index (χ0) is 12.1. The van der Waals surface area contributed by atoms with E-state index in [-0.39, 0.29) is 0 Å². The van der Waals surface area contributed by atoms with E-state index in [2.05, 4.69) is 20.6 Å². The summed E-state index contributed by atoms with van der Waals surface area (Å²) in [6, 6.07) is 1.78. The maximum absolute atomic E-state index is 5.93. The molecule has 4 nitrogen and oxygen atoms in total. The molecule has 17 heavy (non-hydrogen) atoms. The summed E-state index contributed by atoms with van der Waals surface area (Å²) in [6.07, 6.45) is 4.47. The Morgan fingerprint density at radius 1 is 1.59 bits per heavy atom. The number of rotatable bonds is 4. The molecule has 1 aliphatic heterocycles. The Hall–Kier alpha value is -0.520. The molecule has 1 saturated heterocycles. The van der Waals surface area contributed by atoms with Crippen LogP contribution in [0.4, 0.5) is 5.82 Å². The highest BCUT2D eigenvalue weighted by Gasteiger charge is 2.13. The number of aromatic nitrogens is 2. The lowest BCUT2D eigenvalue weighted by atomic mass is 10.00. The molecule has 1 aromatic rings. The number of nitrogens with one attached hydrogen (secondary N) is 2. The van der Waals surface area contributed by atoms with E-state index in [1.54, 1.807) is 6.07 Å². The molecule has 0 aliphatic carbocycles. The van der Waals surface area contributed by atoms with Crippen LogP contribution in [0.3, 0.4) is 0 Å². The minimum Gasteiger partial charge on any atom is -0.370 e. The molecule has 1 aromatic heterocycles. The van der Waals surface area contributed by atoms with Gasteiger partial charge in [-0.3, -0.25) is 0 Å². The number of anilines is 1. The number of nitrogens with zero attached hydrogens (tertiary/aromatic N) is 2. The van der Waals surface area contributed by atoms with Crippen molar-refractivity contribution in [2.75, 3.05) is 31.2 Å². The second-order valence-electron chi connectivity index (χ2n) is 4.16. The van der Waals surface area contributed by atoms with Crippen LogP contribution in [0.5, 0.6) is 0 Å². The van der Waals surface area contributed by atoms with Crippen LogP contribution in [-0.2, 0) is 0 Å². The van der Waals surface area contributed by atoms with E-state index in [0.717, 1.165) is 25.5 Å². The van der Waals surface area contributed by atoms with Crippen molar-refractivity contribution < 1.29 is 0 Å². The van der Waals surface area contributed by atoms with E-state index in [9.17, 15) is 0 Å². The summed E-state index contributed by atoms with van der Waals surface area (Å²) in [7, 11) is 0. The molecule has 1 fully saturated rings. The molecule has 2 rings (SSSR count). The second-order valence-corrected chi connectivity index (χ2v) is 5.32. The topological polar surface area (TPSA) is 49.8 Å². The highest BCUT2D eigenvalue weighted by Crippen LogP contribution is 2.18. The average Bonchev–Trinajstić information content (AvgIpc) is 2.37. The van der Waals surface area contributed by atoms with Gasteiger partial charge in [0.25, 0.3) is 0 Å². The highest BCUT2D eigenvalue weighted by molar-refractivity contribution is 7.98. The predicted molar refractivity (Wildman–Crippen MR) is 72.9 cm³/mol. The third-order valence-corrected chi connectivity index (χ3v) is 3.57. The van der Waals surface area contributed by atoms with Crippen molar-refractivity contribution in [3.8, 4) is 0 Å². The lowest BCUT2D eigenvalue weighted by molar-refractivity contribution is 0.392. The molecular weight excluding hydrogens is 256 g/mol. The first-order valence-electron chi connectivity index (χ1n) is 5.81. The van der Waals surface area contributed by atoms with Crippen LogP contribution in [0.25, 0.3) is 0 Å². The molecule has 0 aromatic carbocycles. The largest absolute Gasteiger partial charge is 0.370 e. The molecule has 2 heterocycles. The molecule has 2 N–H and O–H groups in total. The number of hydrogen-bond acceptors (Lipinski definition) is 5. The lowest BCUT2D eigenvalue weighted by Crippen LogP contribution is -2.33. The molecule has 0 amide bonds. The van der Waals surface area contributed by atoms with Gasteiger partial charge < -0.3 is 10.6 Å². The lowest BCUT2D eigenvalue weighted by Gasteiger charge is -2.23. The molecule has 94 valence electrons. The number of thioether (sulfide) groups is 1. The molecule has 1 atom stereocenters. The van der Waals surface area contributed by atoms with Crippen molar-refractivity contribution in [1.82, 2.24) is 15.3 Å². The van der Waals surface area contributed by atoms with Gasteiger partial charge in [0, 0.05) is 12.6 Å². The maximum Gasteiger partial charge on any atom is 0.190 e. The summed E-state index contributed by atoms with van der Waals surface area (Å²) in [5.41, 5.74) is 0. The fourth-order valence-corrected chi connectivity index (χ4v) is 2.54. The van der Waals surface area contributed by atoms with E-state index in [4.69, 9.17) is 11.6 Å². The Bertz CT molecular complexity index is 368. The first-order chi connectivity index (χ1) is 8.28. The minimum absolute atomic E-state index is 0.494. The van der Waals surface area contributed by atoms with Crippen LogP contribution in [0.2, 0.25) is 5.15 Å². The smallest absolute Gasteiger partial charge is 0.190 e. The predicted octanol–water partition coefficient (Wildman–Crippen LogP) is 2.26. The molecule has 0 spiro atoms. The molecule has 6 heteroatoms. The summed E-state index contributed by atoms with van der Waals surface area (Å²) in [5.74, 6) is 1.50. The molecule has 0 unspecified atom stereocenters. The second kappa shape index (κ2) is 6.42. The maximum atomic E-state index is 5.93. The van der Waals surface area contributed by atoms with E-state index in [0.29, 0.717) is 16.2 Å². The zero-order valence-corrected chi connectivity index (χ0v) is 11.4. The summed E-state index contributed by atoms with van der Waals surface area (Å²) >= 11 is 7.43. The third-order valence-electron chi connectivity index (χ3n) is 2.83. The van der Waals surface area contributed by atoms with Crippen molar-refractivity contribution >= 4 is 29.2 Å². The Balaban J connectivity index is 1.91. The van der Waals surface area contributed by atoms with Crippen molar-refractivity contribution in [2.24, 2.45) is 5.92 Å². The van der Waals surface area contributed by atoms with E-state index in [1.165, 1.54) is 24.6 Å². The summed E-state index contributed by atoms with van der Waals surface area (Å²) < 4.78 is 0. The Morgan fingerprint density at radius 2 is 2.47 bits per heavy atom. The van der Waals surface area contributed by atoms with Gasteiger partial charge in [-0.15, -0.1) is 0 Å². The van der Waals surface area contributed by atoms with Crippen LogP contribution in [0.15, 0.2) is 11.2 Å². The number of halogens is 1. The Labute approximate surface area is 111 Å². The van der Waals surface area contributed by atoms with E-state index in [1.807, 2.05) is 6.26 Å². The average molecular weight is 273 g/mol. The van der Waals surface area contributed by atoms with Gasteiger partial charge in [-0.2, -0.15) is 0 Å². The van der Waals surface area contributed by atoms with Crippen molar-refractivity contribution in [3.05, 3.63) is 11.2 Å².